The number of hydrogen-bond acceptors (Lipinski definition) is 3. The smallest absolute Gasteiger partial charge is 0.246 e. The highest BCUT2D eigenvalue weighted by atomic mass is 16.2. The van der Waals surface area contributed by atoms with Crippen LogP contribution >= 0.6 is 0 Å². The van der Waals surface area contributed by atoms with E-state index in [2.05, 4.69) is 0 Å². The molecule has 4 heteroatoms. The van der Waals surface area contributed by atoms with E-state index in [9.17, 15) is 4.79 Å². The van der Waals surface area contributed by atoms with E-state index in [0.717, 1.165) is 0 Å². The fraction of sp³-hybridized carbons (Fsp3) is 0.357. The number of para-hydroxylation sites is 1. The second-order valence-corrected chi connectivity index (χ2v) is 4.44. The summed E-state index contributed by atoms with van der Waals surface area (Å²) in [6.45, 7) is 3.46. The molecule has 0 aromatic heterocycles. The summed E-state index contributed by atoms with van der Waals surface area (Å²) in [4.78, 5) is 13.8. The van der Waals surface area contributed by atoms with Gasteiger partial charge in [-0.15, -0.1) is 0 Å². The number of amides is 1. The van der Waals surface area contributed by atoms with Crippen LogP contribution in [0.15, 0.2) is 30.3 Å². The van der Waals surface area contributed by atoms with Gasteiger partial charge in [-0.2, -0.15) is 10.5 Å². The largest absolute Gasteiger partial charge is 0.310 e. The number of rotatable bonds is 4. The molecule has 92 valence electrons. The first-order valence-corrected chi connectivity index (χ1v) is 5.68. The molecule has 0 N–H and O–H groups in total. The maximum Gasteiger partial charge on any atom is 0.246 e. The van der Waals surface area contributed by atoms with Crippen LogP contribution in [0.5, 0.6) is 0 Å². The highest BCUT2D eigenvalue weighted by Gasteiger charge is 2.32. The normalized spacial score (nSPS) is 10.2. The van der Waals surface area contributed by atoms with E-state index in [1.807, 2.05) is 30.3 Å². The summed E-state index contributed by atoms with van der Waals surface area (Å²) in [6, 6.07) is 13.1. The Kier molecular flexibility index (Phi) is 4.45. The zero-order chi connectivity index (χ0) is 13.6. The van der Waals surface area contributed by atoms with Crippen LogP contribution in [-0.4, -0.2) is 12.5 Å². The lowest BCUT2D eigenvalue weighted by atomic mass is 9.93. The molecule has 1 amide bonds. The number of carbonyl (C=O) groups is 1. The van der Waals surface area contributed by atoms with E-state index in [-0.39, 0.29) is 12.3 Å². The maximum absolute atomic E-state index is 12.3. The van der Waals surface area contributed by atoms with Gasteiger partial charge in [0.15, 0.2) is 0 Å². The average Bonchev–Trinajstić information content (AvgIpc) is 2.40. The summed E-state index contributed by atoms with van der Waals surface area (Å²) in [6.07, 6.45) is 0.238. The van der Waals surface area contributed by atoms with E-state index in [1.165, 1.54) is 4.90 Å². The summed E-state index contributed by atoms with van der Waals surface area (Å²) in [5, 5.41) is 17.7. The van der Waals surface area contributed by atoms with Gasteiger partial charge in [-0.05, 0) is 26.0 Å². The molecular formula is C14H15N3O. The summed E-state index contributed by atoms with van der Waals surface area (Å²) < 4.78 is 0. The molecule has 0 fully saturated rings. The van der Waals surface area contributed by atoms with Gasteiger partial charge in [0, 0.05) is 12.2 Å². The Morgan fingerprint density at radius 2 is 1.89 bits per heavy atom. The number of hydrogen-bond donors (Lipinski definition) is 0. The molecule has 18 heavy (non-hydrogen) atoms. The third kappa shape index (κ3) is 3.09. The zero-order valence-electron chi connectivity index (χ0n) is 10.6. The standard InChI is InChI=1S/C14H15N3O/c1-14(2,11-16)13(18)17(10-6-9-15)12-7-4-3-5-8-12/h3-5,7-8H,6,10H2,1-2H3. The molecule has 0 bridgehead atoms. The monoisotopic (exact) mass is 241 g/mol. The number of nitriles is 2. The van der Waals surface area contributed by atoms with Crippen molar-refractivity contribution in [1.82, 2.24) is 0 Å². The van der Waals surface area contributed by atoms with Crippen LogP contribution in [0.3, 0.4) is 0 Å². The van der Waals surface area contributed by atoms with E-state index >= 15 is 0 Å². The van der Waals surface area contributed by atoms with Crippen LogP contribution in [-0.2, 0) is 4.79 Å². The highest BCUT2D eigenvalue weighted by Crippen LogP contribution is 2.23. The molecule has 0 saturated carbocycles. The van der Waals surface area contributed by atoms with E-state index < -0.39 is 5.41 Å². The molecule has 0 aliphatic carbocycles. The topological polar surface area (TPSA) is 67.9 Å². The first-order valence-electron chi connectivity index (χ1n) is 5.68. The van der Waals surface area contributed by atoms with Crippen molar-refractivity contribution in [3.63, 3.8) is 0 Å². The predicted octanol–water partition coefficient (Wildman–Crippen LogP) is 2.48. The SMILES string of the molecule is CC(C)(C#N)C(=O)N(CCC#N)c1ccccc1. The van der Waals surface area contributed by atoms with E-state index in [4.69, 9.17) is 10.5 Å². The number of anilines is 1. The Balaban J connectivity index is 3.05. The summed E-state index contributed by atoms with van der Waals surface area (Å²) in [5.74, 6) is -0.286. The van der Waals surface area contributed by atoms with Crippen molar-refractivity contribution in [2.24, 2.45) is 5.41 Å². The Labute approximate surface area is 107 Å². The van der Waals surface area contributed by atoms with Gasteiger partial charge in [0.1, 0.15) is 5.41 Å². The second-order valence-electron chi connectivity index (χ2n) is 4.44. The fourth-order valence-electron chi connectivity index (χ4n) is 1.50. The van der Waals surface area contributed by atoms with Gasteiger partial charge in [-0.3, -0.25) is 4.79 Å². The molecule has 0 unspecified atom stereocenters. The Bertz CT molecular complexity index is 494. The van der Waals surface area contributed by atoms with Gasteiger partial charge in [0.25, 0.3) is 0 Å². The first-order chi connectivity index (χ1) is 8.53. The fourth-order valence-corrected chi connectivity index (χ4v) is 1.50. The minimum atomic E-state index is -1.09. The third-order valence-electron chi connectivity index (χ3n) is 2.57. The van der Waals surface area contributed by atoms with Crippen LogP contribution in [0.4, 0.5) is 5.69 Å². The Morgan fingerprint density at radius 3 is 2.39 bits per heavy atom. The van der Waals surface area contributed by atoms with Gasteiger partial charge in [0.05, 0.1) is 18.6 Å². The van der Waals surface area contributed by atoms with Crippen molar-refractivity contribution in [2.75, 3.05) is 11.4 Å². The molecule has 0 heterocycles. The van der Waals surface area contributed by atoms with Crippen LogP contribution in [0.2, 0.25) is 0 Å². The number of carbonyl (C=O) groups excluding carboxylic acids is 1. The van der Waals surface area contributed by atoms with Gasteiger partial charge in [0.2, 0.25) is 5.91 Å². The van der Waals surface area contributed by atoms with Crippen LogP contribution in [0.25, 0.3) is 0 Å². The predicted molar refractivity (Wildman–Crippen MR) is 68.4 cm³/mol. The summed E-state index contributed by atoms with van der Waals surface area (Å²) in [7, 11) is 0. The maximum atomic E-state index is 12.3. The number of benzene rings is 1. The van der Waals surface area contributed by atoms with Crippen molar-refractivity contribution in [2.45, 2.75) is 20.3 Å². The lowest BCUT2D eigenvalue weighted by Crippen LogP contribution is -2.41. The van der Waals surface area contributed by atoms with E-state index in [0.29, 0.717) is 12.2 Å². The molecule has 0 radical (unpaired) electrons. The molecule has 4 nitrogen and oxygen atoms in total. The lowest BCUT2D eigenvalue weighted by Gasteiger charge is -2.27. The molecule has 0 atom stereocenters. The number of nitrogens with zero attached hydrogens (tertiary/aromatic N) is 3. The molecule has 0 aliphatic rings. The molecule has 1 rings (SSSR count). The second kappa shape index (κ2) is 5.84. The highest BCUT2D eigenvalue weighted by molar-refractivity contribution is 5.98. The van der Waals surface area contributed by atoms with Gasteiger partial charge < -0.3 is 4.90 Å². The van der Waals surface area contributed by atoms with Crippen LogP contribution < -0.4 is 4.90 Å². The molecule has 1 aromatic rings. The third-order valence-corrected chi connectivity index (χ3v) is 2.57. The van der Waals surface area contributed by atoms with Crippen molar-refractivity contribution < 1.29 is 4.79 Å². The average molecular weight is 241 g/mol. The first kappa shape index (κ1) is 13.7. The molecule has 0 spiro atoms. The van der Waals surface area contributed by atoms with Crippen molar-refractivity contribution in [1.29, 1.82) is 10.5 Å². The van der Waals surface area contributed by atoms with Crippen molar-refractivity contribution >= 4 is 11.6 Å². The molecular weight excluding hydrogens is 226 g/mol. The van der Waals surface area contributed by atoms with Crippen LogP contribution in [0.1, 0.15) is 20.3 Å². The Morgan fingerprint density at radius 1 is 1.28 bits per heavy atom. The molecule has 0 saturated heterocycles. The van der Waals surface area contributed by atoms with Crippen molar-refractivity contribution in [3.05, 3.63) is 30.3 Å². The van der Waals surface area contributed by atoms with Crippen LogP contribution in [0, 0.1) is 28.1 Å². The minimum Gasteiger partial charge on any atom is -0.310 e. The van der Waals surface area contributed by atoms with Crippen molar-refractivity contribution in [3.8, 4) is 12.1 Å². The summed E-state index contributed by atoms with van der Waals surface area (Å²) >= 11 is 0. The lowest BCUT2D eigenvalue weighted by molar-refractivity contribution is -0.124. The minimum absolute atomic E-state index is 0.238. The van der Waals surface area contributed by atoms with Gasteiger partial charge in [-0.25, -0.2) is 0 Å². The summed E-state index contributed by atoms with van der Waals surface area (Å²) in [5.41, 5.74) is -0.383. The zero-order valence-corrected chi connectivity index (χ0v) is 10.6. The molecule has 1 aromatic carbocycles. The van der Waals surface area contributed by atoms with Gasteiger partial charge >= 0.3 is 0 Å². The van der Waals surface area contributed by atoms with Gasteiger partial charge in [-0.1, -0.05) is 18.2 Å². The quantitative estimate of drug-likeness (QED) is 0.813. The Hall–Kier alpha value is -2.33. The molecule has 0 aliphatic heterocycles. The van der Waals surface area contributed by atoms with E-state index in [1.54, 1.807) is 26.0 Å².